The van der Waals surface area contributed by atoms with Crippen LogP contribution >= 0.6 is 31.9 Å². The second kappa shape index (κ2) is 7.86. The second-order valence-electron chi connectivity index (χ2n) is 4.59. The van der Waals surface area contributed by atoms with Gasteiger partial charge in [0.25, 0.3) is 0 Å². The van der Waals surface area contributed by atoms with Crippen molar-refractivity contribution >= 4 is 31.9 Å². The Labute approximate surface area is 132 Å². The van der Waals surface area contributed by atoms with Crippen molar-refractivity contribution < 1.29 is 0 Å². The van der Waals surface area contributed by atoms with Crippen LogP contribution in [0.2, 0.25) is 0 Å². The van der Waals surface area contributed by atoms with Crippen LogP contribution in [-0.4, -0.2) is 0 Å². The molecule has 2 aromatic rings. The lowest BCUT2D eigenvalue weighted by atomic mass is 10.0. The van der Waals surface area contributed by atoms with Crippen LogP contribution in [0.3, 0.4) is 0 Å². The molecular weight excluding hydrogens is 364 g/mol. The lowest BCUT2D eigenvalue weighted by Gasteiger charge is -2.04. The molecule has 0 aliphatic rings. The Balaban J connectivity index is 1.67. The molecule has 0 nitrogen and oxygen atoms in total. The average Bonchev–Trinajstić information content (AvgIpc) is 2.42. The number of hydrogen-bond donors (Lipinski definition) is 0. The molecule has 2 rings (SSSR count). The molecule has 99 valence electrons. The zero-order chi connectivity index (χ0) is 13.5. The van der Waals surface area contributed by atoms with Crippen molar-refractivity contribution in [2.75, 3.05) is 0 Å². The van der Waals surface area contributed by atoms with E-state index in [1.54, 1.807) is 0 Å². The van der Waals surface area contributed by atoms with Gasteiger partial charge in [-0.1, -0.05) is 68.6 Å². The van der Waals surface area contributed by atoms with Crippen LogP contribution < -0.4 is 0 Å². The Morgan fingerprint density at radius 2 is 1.58 bits per heavy atom. The van der Waals surface area contributed by atoms with Crippen LogP contribution in [0.15, 0.2) is 57.5 Å². The van der Waals surface area contributed by atoms with Gasteiger partial charge < -0.3 is 0 Å². The number of rotatable bonds is 6. The molecule has 0 spiro atoms. The summed E-state index contributed by atoms with van der Waals surface area (Å²) in [5.74, 6) is 0. The van der Waals surface area contributed by atoms with Crippen molar-refractivity contribution in [2.24, 2.45) is 0 Å². The minimum absolute atomic E-state index is 1.14. The Morgan fingerprint density at radius 1 is 0.842 bits per heavy atom. The van der Waals surface area contributed by atoms with Crippen molar-refractivity contribution in [3.63, 3.8) is 0 Å². The van der Waals surface area contributed by atoms with Gasteiger partial charge in [-0.05, 0) is 55.0 Å². The topological polar surface area (TPSA) is 0 Å². The third kappa shape index (κ3) is 5.12. The first kappa shape index (κ1) is 14.8. The van der Waals surface area contributed by atoms with Crippen molar-refractivity contribution in [3.05, 3.63) is 75.0 Å². The highest BCUT2D eigenvalue weighted by Gasteiger charge is 1.99. The normalized spacial score (nSPS) is 10.6. The molecule has 0 bridgehead atoms. The molecule has 2 aromatic carbocycles. The van der Waals surface area contributed by atoms with E-state index in [1.807, 2.05) is 0 Å². The monoisotopic (exact) mass is 379 g/mol. The molecule has 0 aliphatic carbocycles. The number of benzene rings is 2. The zero-order valence-corrected chi connectivity index (χ0v) is 14.0. The molecule has 2 heteroatoms. The molecule has 0 atom stereocenters. The highest BCUT2D eigenvalue weighted by molar-refractivity contribution is 9.10. The molecular formula is C17H17Br2. The van der Waals surface area contributed by atoms with Crippen molar-refractivity contribution in [3.8, 4) is 0 Å². The minimum atomic E-state index is 1.14. The van der Waals surface area contributed by atoms with E-state index in [2.05, 4.69) is 86.8 Å². The Hall–Kier alpha value is -0.600. The van der Waals surface area contributed by atoms with Crippen molar-refractivity contribution in [2.45, 2.75) is 25.7 Å². The first-order chi connectivity index (χ1) is 9.25. The summed E-state index contributed by atoms with van der Waals surface area (Å²) in [5.41, 5.74) is 2.72. The fraction of sp³-hybridized carbons (Fsp3) is 0.235. The molecule has 1 radical (unpaired) electrons. The fourth-order valence-electron chi connectivity index (χ4n) is 2.03. The summed E-state index contributed by atoms with van der Waals surface area (Å²) in [6.45, 7) is 0. The van der Waals surface area contributed by atoms with Gasteiger partial charge in [-0.2, -0.15) is 0 Å². The number of hydrogen-bond acceptors (Lipinski definition) is 0. The predicted octanol–water partition coefficient (Wildman–Crippen LogP) is 6.18. The lowest BCUT2D eigenvalue weighted by Crippen LogP contribution is -1.88. The molecule has 0 heterocycles. The molecule has 0 saturated carbocycles. The summed E-state index contributed by atoms with van der Waals surface area (Å²) < 4.78 is 2.37. The molecule has 0 unspecified atom stereocenters. The maximum atomic E-state index is 3.60. The van der Waals surface area contributed by atoms with Gasteiger partial charge in [0.2, 0.25) is 0 Å². The van der Waals surface area contributed by atoms with Crippen LogP contribution in [0.1, 0.15) is 30.4 Å². The van der Waals surface area contributed by atoms with E-state index >= 15 is 0 Å². The van der Waals surface area contributed by atoms with Crippen LogP contribution in [-0.2, 0) is 6.42 Å². The molecule has 0 aromatic heterocycles. The van der Waals surface area contributed by atoms with E-state index in [0.29, 0.717) is 0 Å². The highest BCUT2D eigenvalue weighted by atomic mass is 79.9. The molecule has 19 heavy (non-hydrogen) atoms. The Bertz CT molecular complexity index is 503. The van der Waals surface area contributed by atoms with Gasteiger partial charge in [-0.3, -0.25) is 0 Å². The highest BCUT2D eigenvalue weighted by Crippen LogP contribution is 2.19. The smallest absolute Gasteiger partial charge is 0.0207 e. The second-order valence-corrected chi connectivity index (χ2v) is 6.36. The zero-order valence-electron chi connectivity index (χ0n) is 10.8. The van der Waals surface area contributed by atoms with E-state index in [4.69, 9.17) is 0 Å². The van der Waals surface area contributed by atoms with Crippen LogP contribution in [0.25, 0.3) is 0 Å². The van der Waals surface area contributed by atoms with Gasteiger partial charge in [0.15, 0.2) is 0 Å². The summed E-state index contributed by atoms with van der Waals surface area (Å²) in [5, 5.41) is 0. The fourth-order valence-corrected chi connectivity index (χ4v) is 2.78. The third-order valence-corrected chi connectivity index (χ3v) is 4.41. The Morgan fingerprint density at radius 3 is 2.32 bits per heavy atom. The maximum Gasteiger partial charge on any atom is 0.0207 e. The van der Waals surface area contributed by atoms with E-state index in [1.165, 1.54) is 28.4 Å². The first-order valence-corrected chi connectivity index (χ1v) is 8.16. The minimum Gasteiger partial charge on any atom is -0.0619 e. The summed E-state index contributed by atoms with van der Waals surface area (Å²) in [7, 11) is 0. The predicted molar refractivity (Wildman–Crippen MR) is 89.2 cm³/mol. The van der Waals surface area contributed by atoms with Gasteiger partial charge in [-0.15, -0.1) is 0 Å². The van der Waals surface area contributed by atoms with Gasteiger partial charge in [-0.25, -0.2) is 0 Å². The average molecular weight is 381 g/mol. The summed E-state index contributed by atoms with van der Waals surface area (Å²) in [6, 6.07) is 17.0. The SMILES string of the molecule is Brc1ccc([CH]CCCCc2ccccc2Br)cc1. The third-order valence-electron chi connectivity index (χ3n) is 3.11. The van der Waals surface area contributed by atoms with Crippen LogP contribution in [0.4, 0.5) is 0 Å². The molecule has 0 fully saturated rings. The lowest BCUT2D eigenvalue weighted by molar-refractivity contribution is 0.730. The van der Waals surface area contributed by atoms with E-state index in [-0.39, 0.29) is 0 Å². The van der Waals surface area contributed by atoms with Crippen LogP contribution in [0, 0.1) is 6.42 Å². The Kier molecular flexibility index (Phi) is 6.12. The van der Waals surface area contributed by atoms with Gasteiger partial charge in [0.05, 0.1) is 0 Å². The van der Waals surface area contributed by atoms with Gasteiger partial charge in [0.1, 0.15) is 0 Å². The van der Waals surface area contributed by atoms with Gasteiger partial charge in [0, 0.05) is 8.95 Å². The summed E-state index contributed by atoms with van der Waals surface area (Å²) >= 11 is 7.05. The molecule has 0 amide bonds. The standard InChI is InChI=1S/C17H17Br2/c18-16-12-10-14(11-13-16)6-2-1-3-7-15-8-4-5-9-17(15)19/h4-6,8-13H,1-3,7H2. The largest absolute Gasteiger partial charge is 0.0619 e. The van der Waals surface area contributed by atoms with E-state index in [9.17, 15) is 0 Å². The molecule has 0 N–H and O–H groups in total. The quantitative estimate of drug-likeness (QED) is 0.525. The number of unbranched alkanes of at least 4 members (excludes halogenated alkanes) is 2. The van der Waals surface area contributed by atoms with Crippen LogP contribution in [0.5, 0.6) is 0 Å². The molecule has 0 saturated heterocycles. The summed E-state index contributed by atoms with van der Waals surface area (Å²) in [6.07, 6.45) is 7.07. The number of halogens is 2. The number of aryl methyl sites for hydroxylation is 1. The van der Waals surface area contributed by atoms with Crippen molar-refractivity contribution in [1.29, 1.82) is 0 Å². The summed E-state index contributed by atoms with van der Waals surface area (Å²) in [4.78, 5) is 0. The van der Waals surface area contributed by atoms with E-state index in [0.717, 1.165) is 17.3 Å². The maximum absolute atomic E-state index is 3.60. The first-order valence-electron chi connectivity index (χ1n) is 6.58. The van der Waals surface area contributed by atoms with E-state index < -0.39 is 0 Å². The van der Waals surface area contributed by atoms with Crippen molar-refractivity contribution in [1.82, 2.24) is 0 Å². The van der Waals surface area contributed by atoms with Gasteiger partial charge >= 0.3 is 0 Å². The molecule has 0 aliphatic heterocycles.